The van der Waals surface area contributed by atoms with Gasteiger partial charge < -0.3 is 19.3 Å². The Morgan fingerprint density at radius 3 is 1.93 bits per heavy atom. The van der Waals surface area contributed by atoms with Gasteiger partial charge in [-0.15, -0.1) is 0 Å². The molecule has 0 heterocycles. The van der Waals surface area contributed by atoms with Crippen LogP contribution in [0.15, 0.2) is 6.07 Å². The molecule has 0 atom stereocenters. The van der Waals surface area contributed by atoms with E-state index in [2.05, 4.69) is 0 Å². The Labute approximate surface area is 157 Å². The number of carbonyl (C=O) groups excluding carboxylic acids is 4. The molecule has 0 unspecified atom stereocenters. The van der Waals surface area contributed by atoms with Gasteiger partial charge in [0.05, 0.1) is 17.7 Å². The van der Waals surface area contributed by atoms with Gasteiger partial charge in [0.25, 0.3) is 0 Å². The van der Waals surface area contributed by atoms with Crippen LogP contribution in [-0.4, -0.2) is 35.4 Å². The largest absolute Gasteiger partial charge is 0.504 e. The highest BCUT2D eigenvalue weighted by Gasteiger charge is 2.30. The Kier molecular flexibility index (Phi) is 8.44. The summed E-state index contributed by atoms with van der Waals surface area (Å²) in [6.07, 6.45) is 0.486. The third-order valence-electron chi connectivity index (χ3n) is 3.48. The van der Waals surface area contributed by atoms with Gasteiger partial charge in [0.2, 0.25) is 5.75 Å². The third-order valence-corrected chi connectivity index (χ3v) is 3.48. The molecule has 0 amide bonds. The Morgan fingerprint density at radius 2 is 1.44 bits per heavy atom. The van der Waals surface area contributed by atoms with Gasteiger partial charge in [-0.2, -0.15) is 0 Å². The van der Waals surface area contributed by atoms with Gasteiger partial charge in [-0.05, 0) is 12.5 Å². The normalized spacial score (nSPS) is 10.2. The van der Waals surface area contributed by atoms with Crippen LogP contribution in [0.5, 0.6) is 17.2 Å². The van der Waals surface area contributed by atoms with E-state index in [1.165, 1.54) is 13.8 Å². The predicted molar refractivity (Wildman–Crippen MR) is 95.2 cm³/mol. The second kappa shape index (κ2) is 10.3. The van der Waals surface area contributed by atoms with E-state index in [9.17, 15) is 24.3 Å². The summed E-state index contributed by atoms with van der Waals surface area (Å²) in [4.78, 5) is 48.4. The van der Waals surface area contributed by atoms with Crippen molar-refractivity contribution in [2.45, 2.75) is 53.4 Å². The molecule has 0 bridgehead atoms. The molecule has 1 aromatic carbocycles. The molecule has 0 aliphatic rings. The number of benzene rings is 1. The number of rotatable bonds is 9. The number of hydrogen-bond acceptors (Lipinski definition) is 8. The average molecular weight is 380 g/mol. The van der Waals surface area contributed by atoms with Crippen LogP contribution in [0.1, 0.15) is 74.1 Å². The van der Waals surface area contributed by atoms with Crippen LogP contribution in [0.25, 0.3) is 0 Å². The Bertz CT molecular complexity index is 736. The van der Waals surface area contributed by atoms with Crippen LogP contribution in [0.4, 0.5) is 0 Å². The van der Waals surface area contributed by atoms with E-state index in [0.29, 0.717) is 6.42 Å². The minimum absolute atomic E-state index is 0.0159. The minimum Gasteiger partial charge on any atom is -0.504 e. The molecule has 1 N–H and O–H groups in total. The maximum Gasteiger partial charge on any atom is 0.339 e. The molecular weight excluding hydrogens is 356 g/mol. The second-order valence-corrected chi connectivity index (χ2v) is 5.54. The van der Waals surface area contributed by atoms with E-state index in [4.69, 9.17) is 14.2 Å². The highest BCUT2D eigenvalue weighted by Crippen LogP contribution is 2.43. The summed E-state index contributed by atoms with van der Waals surface area (Å²) in [6, 6.07) is 0.975. The van der Waals surface area contributed by atoms with Crippen molar-refractivity contribution in [2.24, 2.45) is 0 Å². The fourth-order valence-corrected chi connectivity index (χ4v) is 2.08. The molecule has 0 saturated heterocycles. The molecule has 1 rings (SSSR count). The lowest BCUT2D eigenvalue weighted by molar-refractivity contribution is -0.136. The standard InChI is InChI=1S/C19H24O8/c1-5-9-25-19(24)11-10-13(21)17(26-14(22)7-3)18(27-15(23)8-4)16(11)12(20)6-2/h10,21H,5-9H2,1-4H3. The van der Waals surface area contributed by atoms with Gasteiger partial charge in [-0.25, -0.2) is 4.79 Å². The molecule has 0 spiro atoms. The van der Waals surface area contributed by atoms with Crippen LogP contribution >= 0.6 is 0 Å². The number of phenols is 1. The van der Waals surface area contributed by atoms with E-state index >= 15 is 0 Å². The SMILES string of the molecule is CCCOC(=O)c1cc(O)c(OC(=O)CC)c(OC(=O)CC)c1C(=O)CC. The summed E-state index contributed by atoms with van der Waals surface area (Å²) >= 11 is 0. The lowest BCUT2D eigenvalue weighted by Gasteiger charge is -2.17. The second-order valence-electron chi connectivity index (χ2n) is 5.54. The molecular formula is C19H24O8. The Hall–Kier alpha value is -2.90. The van der Waals surface area contributed by atoms with E-state index < -0.39 is 40.9 Å². The van der Waals surface area contributed by atoms with Crippen LogP contribution in [0, 0.1) is 0 Å². The number of phenolic OH excluding ortho intramolecular Hbond substituents is 1. The summed E-state index contributed by atoms with van der Waals surface area (Å²) < 4.78 is 15.3. The van der Waals surface area contributed by atoms with Crippen molar-refractivity contribution in [3.63, 3.8) is 0 Å². The van der Waals surface area contributed by atoms with Crippen molar-refractivity contribution < 1.29 is 38.5 Å². The molecule has 0 fully saturated rings. The van der Waals surface area contributed by atoms with Crippen molar-refractivity contribution in [1.82, 2.24) is 0 Å². The lowest BCUT2D eigenvalue weighted by atomic mass is 9.99. The zero-order chi connectivity index (χ0) is 20.6. The van der Waals surface area contributed by atoms with Gasteiger partial charge >= 0.3 is 17.9 Å². The van der Waals surface area contributed by atoms with Gasteiger partial charge in [-0.3, -0.25) is 14.4 Å². The van der Waals surface area contributed by atoms with Gasteiger partial charge in [0, 0.05) is 19.3 Å². The van der Waals surface area contributed by atoms with E-state index in [1.54, 1.807) is 13.8 Å². The van der Waals surface area contributed by atoms with Crippen molar-refractivity contribution in [3.05, 3.63) is 17.2 Å². The number of ether oxygens (including phenoxy) is 3. The quantitative estimate of drug-likeness (QED) is 0.394. The van der Waals surface area contributed by atoms with Crippen molar-refractivity contribution in [2.75, 3.05) is 6.61 Å². The molecule has 8 nitrogen and oxygen atoms in total. The van der Waals surface area contributed by atoms with Gasteiger partial charge in [-0.1, -0.05) is 27.7 Å². The van der Waals surface area contributed by atoms with Gasteiger partial charge in [0.15, 0.2) is 17.3 Å². The van der Waals surface area contributed by atoms with E-state index in [1.807, 2.05) is 0 Å². The van der Waals surface area contributed by atoms with Crippen molar-refractivity contribution in [1.29, 1.82) is 0 Å². The topological polar surface area (TPSA) is 116 Å². The number of carbonyl (C=O) groups is 4. The van der Waals surface area contributed by atoms with Crippen LogP contribution in [0.3, 0.4) is 0 Å². The lowest BCUT2D eigenvalue weighted by Crippen LogP contribution is -2.18. The molecule has 0 aliphatic carbocycles. The number of ketones is 1. The zero-order valence-electron chi connectivity index (χ0n) is 15.9. The first kappa shape index (κ1) is 22.1. The van der Waals surface area contributed by atoms with E-state index in [-0.39, 0.29) is 37.0 Å². The predicted octanol–water partition coefficient (Wildman–Crippen LogP) is 3.18. The minimum atomic E-state index is -0.855. The van der Waals surface area contributed by atoms with Crippen molar-refractivity contribution >= 4 is 23.7 Å². The molecule has 0 aromatic heterocycles. The molecule has 0 saturated carbocycles. The molecule has 148 valence electrons. The van der Waals surface area contributed by atoms with Crippen LogP contribution in [-0.2, 0) is 14.3 Å². The van der Waals surface area contributed by atoms with Crippen LogP contribution in [0.2, 0.25) is 0 Å². The fraction of sp³-hybridized carbons (Fsp3) is 0.474. The molecule has 27 heavy (non-hydrogen) atoms. The highest BCUT2D eigenvalue weighted by molar-refractivity contribution is 6.10. The van der Waals surface area contributed by atoms with Crippen LogP contribution < -0.4 is 9.47 Å². The summed E-state index contributed by atoms with van der Waals surface area (Å²) in [5.41, 5.74) is -0.528. The molecule has 0 aliphatic heterocycles. The Morgan fingerprint density at radius 1 is 0.889 bits per heavy atom. The number of esters is 3. The zero-order valence-corrected chi connectivity index (χ0v) is 15.9. The number of aromatic hydroxyl groups is 1. The maximum atomic E-state index is 12.5. The number of Topliss-reactive ketones (excluding diaryl/α,β-unsaturated/α-hetero) is 1. The average Bonchev–Trinajstić information content (AvgIpc) is 2.67. The molecule has 0 radical (unpaired) electrons. The summed E-state index contributed by atoms with van der Waals surface area (Å²) in [6.45, 7) is 6.52. The Balaban J connectivity index is 3.70. The molecule has 1 aromatic rings. The summed E-state index contributed by atoms with van der Waals surface area (Å²) in [5, 5.41) is 10.3. The summed E-state index contributed by atoms with van der Waals surface area (Å²) in [5.74, 6) is -4.39. The first-order chi connectivity index (χ1) is 12.8. The van der Waals surface area contributed by atoms with Gasteiger partial charge in [0.1, 0.15) is 0 Å². The first-order valence-electron chi connectivity index (χ1n) is 8.82. The number of hydrogen-bond donors (Lipinski definition) is 1. The smallest absolute Gasteiger partial charge is 0.339 e. The summed E-state index contributed by atoms with van der Waals surface area (Å²) in [7, 11) is 0. The fourth-order valence-electron chi connectivity index (χ4n) is 2.08. The first-order valence-corrected chi connectivity index (χ1v) is 8.82. The molecule has 8 heteroatoms. The highest BCUT2D eigenvalue weighted by atomic mass is 16.6. The van der Waals surface area contributed by atoms with E-state index in [0.717, 1.165) is 6.07 Å². The third kappa shape index (κ3) is 5.54. The monoisotopic (exact) mass is 380 g/mol. The van der Waals surface area contributed by atoms with Crippen molar-refractivity contribution in [3.8, 4) is 17.2 Å². The maximum absolute atomic E-state index is 12.5.